The molecule has 0 saturated heterocycles. The summed E-state index contributed by atoms with van der Waals surface area (Å²) in [5.41, 5.74) is 0.337. The third kappa shape index (κ3) is 4.01. The van der Waals surface area contributed by atoms with Crippen LogP contribution in [-0.4, -0.2) is 23.1 Å². The smallest absolute Gasteiger partial charge is 0.263 e. The molecule has 5 nitrogen and oxygen atoms in total. The van der Waals surface area contributed by atoms with Crippen molar-refractivity contribution in [1.29, 1.82) is 0 Å². The first-order valence-electron chi connectivity index (χ1n) is 5.87. The minimum Gasteiger partial charge on any atom is -0.280 e. The van der Waals surface area contributed by atoms with Gasteiger partial charge in [-0.05, 0) is 42.5 Å². The molecule has 0 amide bonds. The number of benzene rings is 2. The highest BCUT2D eigenvalue weighted by atomic mass is 79.9. The molecule has 0 aromatic heterocycles. The lowest BCUT2D eigenvalue weighted by Crippen LogP contribution is -2.14. The van der Waals surface area contributed by atoms with Gasteiger partial charge < -0.3 is 0 Å². The van der Waals surface area contributed by atoms with Gasteiger partial charge >= 0.3 is 0 Å². The highest BCUT2D eigenvalue weighted by molar-refractivity contribution is 9.10. The van der Waals surface area contributed by atoms with Gasteiger partial charge in [-0.3, -0.25) is 4.72 Å². The maximum absolute atomic E-state index is 12.4. The van der Waals surface area contributed by atoms with Gasteiger partial charge in [-0.15, -0.1) is 0 Å². The SMILES string of the molecule is CS(=O)(=O)c1ccc(Cl)c(S(=O)(=O)Nc2ccc(Br)cc2)c1. The molecule has 118 valence electrons. The van der Waals surface area contributed by atoms with Crippen molar-refractivity contribution in [3.05, 3.63) is 52.0 Å². The fraction of sp³-hybridized carbons (Fsp3) is 0.0769. The van der Waals surface area contributed by atoms with Crippen molar-refractivity contribution in [1.82, 2.24) is 0 Å². The predicted molar refractivity (Wildman–Crippen MR) is 89.5 cm³/mol. The Bertz CT molecular complexity index is 910. The molecule has 0 atom stereocenters. The summed E-state index contributed by atoms with van der Waals surface area (Å²) in [4.78, 5) is -0.409. The number of rotatable bonds is 4. The maximum atomic E-state index is 12.4. The number of hydrogen-bond acceptors (Lipinski definition) is 4. The van der Waals surface area contributed by atoms with Gasteiger partial charge in [0.1, 0.15) is 4.90 Å². The number of anilines is 1. The minimum absolute atomic E-state index is 0.0583. The number of sulfone groups is 1. The van der Waals surface area contributed by atoms with E-state index >= 15 is 0 Å². The van der Waals surface area contributed by atoms with Gasteiger partial charge in [-0.25, -0.2) is 16.8 Å². The van der Waals surface area contributed by atoms with Crippen LogP contribution in [0.4, 0.5) is 5.69 Å². The van der Waals surface area contributed by atoms with Crippen molar-refractivity contribution in [2.45, 2.75) is 9.79 Å². The predicted octanol–water partition coefficient (Wildman–Crippen LogP) is 3.31. The molecule has 1 N–H and O–H groups in total. The third-order valence-electron chi connectivity index (χ3n) is 2.72. The molecule has 0 fully saturated rings. The fourth-order valence-electron chi connectivity index (χ4n) is 1.65. The van der Waals surface area contributed by atoms with Gasteiger partial charge in [-0.2, -0.15) is 0 Å². The average Bonchev–Trinajstić information content (AvgIpc) is 2.40. The molecule has 0 bridgehead atoms. The van der Waals surface area contributed by atoms with Crippen LogP contribution in [0.25, 0.3) is 0 Å². The number of halogens is 2. The summed E-state index contributed by atoms with van der Waals surface area (Å²) < 4.78 is 51.0. The van der Waals surface area contributed by atoms with Crippen LogP contribution in [0, 0.1) is 0 Å². The second-order valence-electron chi connectivity index (χ2n) is 4.48. The van der Waals surface area contributed by atoms with E-state index in [-0.39, 0.29) is 14.8 Å². The molecule has 0 aliphatic carbocycles. The Morgan fingerprint density at radius 1 is 1.00 bits per heavy atom. The van der Waals surface area contributed by atoms with Crippen LogP contribution in [0.2, 0.25) is 5.02 Å². The second-order valence-corrected chi connectivity index (χ2v) is 9.47. The molecule has 0 radical (unpaired) electrons. The lowest BCUT2D eigenvalue weighted by molar-refractivity contribution is 0.600. The van der Waals surface area contributed by atoms with Crippen LogP contribution in [0.15, 0.2) is 56.7 Å². The standard InChI is InChI=1S/C13H11BrClNO4S2/c1-21(17,18)11-6-7-12(15)13(8-11)22(19,20)16-10-4-2-9(14)3-5-10/h2-8,16H,1H3. The lowest BCUT2D eigenvalue weighted by atomic mass is 10.3. The van der Waals surface area contributed by atoms with Crippen molar-refractivity contribution in [2.75, 3.05) is 11.0 Å². The van der Waals surface area contributed by atoms with Gasteiger partial charge in [0.25, 0.3) is 10.0 Å². The Balaban J connectivity index is 2.47. The van der Waals surface area contributed by atoms with Crippen molar-refractivity contribution < 1.29 is 16.8 Å². The molecular weight excluding hydrogens is 414 g/mol. The largest absolute Gasteiger partial charge is 0.280 e. The van der Waals surface area contributed by atoms with E-state index in [4.69, 9.17) is 11.6 Å². The molecule has 2 aromatic carbocycles. The van der Waals surface area contributed by atoms with Crippen molar-refractivity contribution in [2.24, 2.45) is 0 Å². The van der Waals surface area contributed by atoms with Gasteiger partial charge in [0.15, 0.2) is 9.84 Å². The van der Waals surface area contributed by atoms with Crippen LogP contribution in [0.5, 0.6) is 0 Å². The molecule has 0 unspecified atom stereocenters. The molecule has 9 heteroatoms. The van der Waals surface area contributed by atoms with Crippen LogP contribution in [0.1, 0.15) is 0 Å². The molecule has 0 saturated carbocycles. The Labute approximate surface area is 142 Å². The van der Waals surface area contributed by atoms with Gasteiger partial charge in [0.2, 0.25) is 0 Å². The number of sulfonamides is 1. The molecular formula is C13H11BrClNO4S2. The Hall–Kier alpha value is -1.09. The van der Waals surface area contributed by atoms with Crippen molar-refractivity contribution in [3.63, 3.8) is 0 Å². The first-order valence-corrected chi connectivity index (χ1v) is 10.4. The molecule has 0 aliphatic rings. The van der Waals surface area contributed by atoms with Crippen LogP contribution >= 0.6 is 27.5 Å². The molecule has 2 rings (SSSR count). The minimum atomic E-state index is -4.00. The summed E-state index contributed by atoms with van der Waals surface area (Å²) in [6, 6.07) is 10.0. The van der Waals surface area contributed by atoms with E-state index in [1.54, 1.807) is 24.3 Å². The summed E-state index contributed by atoms with van der Waals surface area (Å²) in [5, 5.41) is -0.0583. The van der Waals surface area contributed by atoms with Crippen LogP contribution in [-0.2, 0) is 19.9 Å². The molecule has 0 aliphatic heterocycles. The Kier molecular flexibility index (Phi) is 4.86. The maximum Gasteiger partial charge on any atom is 0.263 e. The number of nitrogens with one attached hydrogen (secondary N) is 1. The zero-order valence-electron chi connectivity index (χ0n) is 11.2. The van der Waals surface area contributed by atoms with Crippen LogP contribution < -0.4 is 4.72 Å². The summed E-state index contributed by atoms with van der Waals surface area (Å²) in [6.07, 6.45) is 0.995. The van der Waals surface area contributed by atoms with Crippen molar-refractivity contribution in [3.8, 4) is 0 Å². The van der Waals surface area contributed by atoms with E-state index in [2.05, 4.69) is 20.7 Å². The van der Waals surface area contributed by atoms with Crippen LogP contribution in [0.3, 0.4) is 0 Å². The zero-order valence-corrected chi connectivity index (χ0v) is 15.2. The topological polar surface area (TPSA) is 80.3 Å². The highest BCUT2D eigenvalue weighted by Gasteiger charge is 2.21. The fourth-order valence-corrected chi connectivity index (χ4v) is 4.22. The number of hydrogen-bond donors (Lipinski definition) is 1. The van der Waals surface area contributed by atoms with E-state index < -0.39 is 19.9 Å². The first-order chi connectivity index (χ1) is 10.1. The third-order valence-corrected chi connectivity index (χ3v) is 6.22. The van der Waals surface area contributed by atoms with E-state index in [1.807, 2.05) is 0 Å². The summed E-state index contributed by atoms with van der Waals surface area (Å²) in [6.45, 7) is 0. The summed E-state index contributed by atoms with van der Waals surface area (Å²) in [5.74, 6) is 0. The summed E-state index contributed by atoms with van der Waals surface area (Å²) in [7, 11) is -7.54. The van der Waals surface area contributed by atoms with E-state index in [0.717, 1.165) is 16.8 Å². The molecule has 22 heavy (non-hydrogen) atoms. The highest BCUT2D eigenvalue weighted by Crippen LogP contribution is 2.27. The van der Waals surface area contributed by atoms with Gasteiger partial charge in [0, 0.05) is 16.4 Å². The van der Waals surface area contributed by atoms with E-state index in [9.17, 15) is 16.8 Å². The average molecular weight is 425 g/mol. The van der Waals surface area contributed by atoms with Gasteiger partial charge in [0.05, 0.1) is 9.92 Å². The Morgan fingerprint density at radius 2 is 1.59 bits per heavy atom. The van der Waals surface area contributed by atoms with Crippen molar-refractivity contribution >= 4 is 53.1 Å². The first kappa shape index (κ1) is 17.3. The summed E-state index contributed by atoms with van der Waals surface area (Å²) >= 11 is 9.15. The zero-order chi connectivity index (χ0) is 16.5. The molecule has 0 spiro atoms. The molecule has 2 aromatic rings. The molecule has 0 heterocycles. The second kappa shape index (κ2) is 6.19. The Morgan fingerprint density at radius 3 is 2.14 bits per heavy atom. The lowest BCUT2D eigenvalue weighted by Gasteiger charge is -2.10. The monoisotopic (exact) mass is 423 g/mol. The van der Waals surface area contributed by atoms with E-state index in [0.29, 0.717) is 5.69 Å². The van der Waals surface area contributed by atoms with E-state index in [1.165, 1.54) is 12.1 Å². The quantitative estimate of drug-likeness (QED) is 0.816. The van der Waals surface area contributed by atoms with Gasteiger partial charge in [-0.1, -0.05) is 27.5 Å². The normalized spacial score (nSPS) is 12.1.